The molecule has 1 atom stereocenters. The minimum Gasteiger partial charge on any atom is -0.453 e. The van der Waals surface area contributed by atoms with Crippen LogP contribution in [0.2, 0.25) is 0 Å². The molecule has 0 saturated carbocycles. The summed E-state index contributed by atoms with van der Waals surface area (Å²) < 4.78 is 15.8. The zero-order valence-corrected chi connectivity index (χ0v) is 14.3. The van der Waals surface area contributed by atoms with E-state index < -0.39 is 31.2 Å². The number of rotatable bonds is 9. The van der Waals surface area contributed by atoms with E-state index in [0.29, 0.717) is 12.3 Å². The molecule has 128 valence electrons. The normalized spacial score (nSPS) is 13.3. The maximum Gasteiger partial charge on any atom is 0.397 e. The molecule has 3 N–H and O–H groups in total. The highest BCUT2D eigenvalue weighted by Crippen LogP contribution is 2.32. The van der Waals surface area contributed by atoms with Crippen LogP contribution in [0.15, 0.2) is 12.7 Å². The van der Waals surface area contributed by atoms with Crippen molar-refractivity contribution in [1.29, 1.82) is 0 Å². The number of carbonyl (C=O) groups is 2. The van der Waals surface area contributed by atoms with Crippen LogP contribution in [0.5, 0.6) is 0 Å². The highest BCUT2D eigenvalue weighted by molar-refractivity contribution is 7.51. The van der Waals surface area contributed by atoms with Gasteiger partial charge in [0.05, 0.1) is 6.16 Å². The first kappa shape index (κ1) is 20.8. The molecular weight excluding hydrogens is 309 g/mol. The van der Waals surface area contributed by atoms with Gasteiger partial charge in [0.2, 0.25) is 0 Å². The molecule has 0 bridgehead atoms. The molecule has 8 heteroatoms. The lowest BCUT2D eigenvalue weighted by Crippen LogP contribution is -2.39. The Morgan fingerprint density at radius 3 is 2.50 bits per heavy atom. The van der Waals surface area contributed by atoms with Gasteiger partial charge in [-0.2, -0.15) is 0 Å². The Hall–Kier alpha value is -1.17. The van der Waals surface area contributed by atoms with E-state index in [0.717, 1.165) is 12.8 Å². The van der Waals surface area contributed by atoms with Crippen molar-refractivity contribution in [3.63, 3.8) is 0 Å². The average molecular weight is 335 g/mol. The first-order chi connectivity index (χ1) is 9.97. The van der Waals surface area contributed by atoms with E-state index in [1.54, 1.807) is 13.8 Å². The maximum atomic E-state index is 11.6. The van der Waals surface area contributed by atoms with Crippen molar-refractivity contribution >= 4 is 19.5 Å². The molecule has 0 aliphatic carbocycles. The van der Waals surface area contributed by atoms with Crippen molar-refractivity contribution in [3.05, 3.63) is 12.7 Å². The minimum atomic E-state index is -4.20. The summed E-state index contributed by atoms with van der Waals surface area (Å²) in [4.78, 5) is 40.4. The van der Waals surface area contributed by atoms with Crippen molar-refractivity contribution in [1.82, 2.24) is 5.32 Å². The van der Waals surface area contributed by atoms with Crippen molar-refractivity contribution in [3.8, 4) is 0 Å². The molecule has 0 rings (SSSR count). The summed E-state index contributed by atoms with van der Waals surface area (Å²) in [5.41, 5.74) is -0.779. The second kappa shape index (κ2) is 9.08. The number of hydrogen-bond donors (Lipinski definition) is 3. The maximum absolute atomic E-state index is 11.6. The topological polar surface area (TPSA) is 113 Å². The Morgan fingerprint density at radius 2 is 2.00 bits per heavy atom. The molecule has 22 heavy (non-hydrogen) atoms. The molecule has 0 radical (unpaired) electrons. The van der Waals surface area contributed by atoms with E-state index in [-0.39, 0.29) is 6.54 Å². The number of esters is 1. The summed E-state index contributed by atoms with van der Waals surface area (Å²) in [5.74, 6) is -1.67. The van der Waals surface area contributed by atoms with Crippen molar-refractivity contribution < 1.29 is 28.7 Å². The number of nitrogens with one attached hydrogen (secondary N) is 1. The van der Waals surface area contributed by atoms with Crippen LogP contribution in [0.1, 0.15) is 40.0 Å². The summed E-state index contributed by atoms with van der Waals surface area (Å²) in [6.45, 7) is 8.89. The van der Waals surface area contributed by atoms with Gasteiger partial charge in [0.25, 0.3) is 0 Å². The van der Waals surface area contributed by atoms with Crippen LogP contribution in [0, 0.1) is 5.92 Å². The van der Waals surface area contributed by atoms with Crippen LogP contribution in [-0.4, -0.2) is 40.0 Å². The van der Waals surface area contributed by atoms with Crippen molar-refractivity contribution in [2.75, 3.05) is 12.7 Å². The van der Waals surface area contributed by atoms with Gasteiger partial charge in [-0.15, -0.1) is 6.58 Å². The fourth-order valence-corrected chi connectivity index (χ4v) is 2.11. The van der Waals surface area contributed by atoms with E-state index in [4.69, 9.17) is 14.5 Å². The molecule has 0 aromatic heterocycles. The van der Waals surface area contributed by atoms with Gasteiger partial charge < -0.3 is 19.8 Å². The van der Waals surface area contributed by atoms with Crippen LogP contribution in [0.4, 0.5) is 0 Å². The van der Waals surface area contributed by atoms with Gasteiger partial charge in [0.1, 0.15) is 5.60 Å². The predicted octanol–water partition coefficient (Wildman–Crippen LogP) is 1.59. The summed E-state index contributed by atoms with van der Waals surface area (Å²) in [6, 6.07) is 0. The SMILES string of the molecule is C=CC(C)CCCC(C)(C)OC(=O)C(=O)NCCP(=O)(O)O. The lowest BCUT2D eigenvalue weighted by Gasteiger charge is -2.25. The Balaban J connectivity index is 4.17. The Kier molecular flexibility index (Phi) is 8.60. The fraction of sp³-hybridized carbons (Fsp3) is 0.714. The molecule has 0 aromatic rings. The van der Waals surface area contributed by atoms with Crippen LogP contribution in [-0.2, 0) is 18.9 Å². The second-order valence-electron chi connectivity index (χ2n) is 5.90. The van der Waals surface area contributed by atoms with Gasteiger partial charge >= 0.3 is 19.5 Å². The monoisotopic (exact) mass is 335 g/mol. The van der Waals surface area contributed by atoms with Gasteiger partial charge in [0, 0.05) is 6.54 Å². The van der Waals surface area contributed by atoms with E-state index >= 15 is 0 Å². The predicted molar refractivity (Wildman–Crippen MR) is 83.3 cm³/mol. The summed E-state index contributed by atoms with van der Waals surface area (Å²) in [7, 11) is -4.20. The highest BCUT2D eigenvalue weighted by atomic mass is 31.2. The summed E-state index contributed by atoms with van der Waals surface area (Å²) in [6.07, 6.45) is 3.68. The standard InChI is InChI=1S/C14H26NO6P/c1-5-11(2)7-6-8-14(3,4)21-13(17)12(16)15-9-10-22(18,19)20/h5,11H,1,6-10H2,2-4H3,(H,15,16)(H2,18,19,20). The van der Waals surface area contributed by atoms with E-state index in [1.807, 2.05) is 13.0 Å². The fourth-order valence-electron chi connectivity index (χ4n) is 1.70. The molecule has 0 spiro atoms. The molecule has 0 aliphatic rings. The molecule has 0 fully saturated rings. The third-order valence-electron chi connectivity index (χ3n) is 3.08. The molecule has 0 heterocycles. The largest absolute Gasteiger partial charge is 0.453 e. The van der Waals surface area contributed by atoms with Crippen LogP contribution in [0.3, 0.4) is 0 Å². The number of ether oxygens (including phenoxy) is 1. The average Bonchev–Trinajstić information content (AvgIpc) is 2.35. The van der Waals surface area contributed by atoms with Crippen molar-refractivity contribution in [2.45, 2.75) is 45.6 Å². The van der Waals surface area contributed by atoms with E-state index in [2.05, 4.69) is 11.9 Å². The van der Waals surface area contributed by atoms with E-state index in [9.17, 15) is 14.2 Å². The summed E-state index contributed by atoms with van der Waals surface area (Å²) in [5, 5.41) is 2.13. The van der Waals surface area contributed by atoms with E-state index in [1.165, 1.54) is 0 Å². The molecule has 0 aromatic carbocycles. The highest BCUT2D eigenvalue weighted by Gasteiger charge is 2.27. The lowest BCUT2D eigenvalue weighted by molar-refractivity contribution is -0.165. The third-order valence-corrected chi connectivity index (χ3v) is 3.89. The lowest BCUT2D eigenvalue weighted by atomic mass is 9.97. The van der Waals surface area contributed by atoms with Crippen LogP contribution >= 0.6 is 7.60 Å². The number of allylic oxidation sites excluding steroid dienone is 1. The van der Waals surface area contributed by atoms with Crippen LogP contribution < -0.4 is 5.32 Å². The first-order valence-electron chi connectivity index (χ1n) is 7.15. The zero-order valence-electron chi connectivity index (χ0n) is 13.4. The van der Waals surface area contributed by atoms with Crippen molar-refractivity contribution in [2.24, 2.45) is 5.92 Å². The molecule has 0 aliphatic heterocycles. The Morgan fingerprint density at radius 1 is 1.41 bits per heavy atom. The Labute approximate surface area is 131 Å². The molecule has 7 nitrogen and oxygen atoms in total. The third kappa shape index (κ3) is 10.5. The molecule has 1 unspecified atom stereocenters. The number of hydrogen-bond acceptors (Lipinski definition) is 4. The van der Waals surface area contributed by atoms with Gasteiger partial charge in [-0.25, -0.2) is 4.79 Å². The van der Waals surface area contributed by atoms with Gasteiger partial charge in [0.15, 0.2) is 0 Å². The number of amides is 1. The quantitative estimate of drug-likeness (QED) is 0.255. The van der Waals surface area contributed by atoms with Gasteiger partial charge in [-0.05, 0) is 39.0 Å². The zero-order chi connectivity index (χ0) is 17.4. The summed E-state index contributed by atoms with van der Waals surface area (Å²) >= 11 is 0. The van der Waals surface area contributed by atoms with Gasteiger partial charge in [-0.3, -0.25) is 9.36 Å². The first-order valence-corrected chi connectivity index (χ1v) is 8.95. The molecule has 0 saturated heterocycles. The number of carbonyl (C=O) groups excluding carboxylic acids is 2. The van der Waals surface area contributed by atoms with Crippen LogP contribution in [0.25, 0.3) is 0 Å². The second-order valence-corrected chi connectivity index (χ2v) is 7.68. The Bertz CT molecular complexity index is 443. The smallest absolute Gasteiger partial charge is 0.397 e. The molecular formula is C14H26NO6P. The van der Waals surface area contributed by atoms with Gasteiger partial charge in [-0.1, -0.05) is 13.0 Å². The minimum absolute atomic E-state index is 0.282. The molecule has 1 amide bonds.